The fourth-order valence-electron chi connectivity index (χ4n) is 7.44. The summed E-state index contributed by atoms with van der Waals surface area (Å²) >= 11 is 0. The summed E-state index contributed by atoms with van der Waals surface area (Å²) in [6.07, 6.45) is 22.0. The monoisotopic (exact) mass is 556 g/mol. The summed E-state index contributed by atoms with van der Waals surface area (Å²) in [5, 5.41) is 11.4. The van der Waals surface area contributed by atoms with Gasteiger partial charge in [0, 0.05) is 5.92 Å². The van der Waals surface area contributed by atoms with Gasteiger partial charge in [0.2, 0.25) is 0 Å². The van der Waals surface area contributed by atoms with Crippen LogP contribution in [0.15, 0.2) is 35.1 Å². The lowest BCUT2D eigenvalue weighted by molar-refractivity contribution is -0.178. The summed E-state index contributed by atoms with van der Waals surface area (Å²) in [4.78, 5) is 13.0. The molecular weight excluding hydrogens is 496 g/mol. The molecule has 0 bridgehead atoms. The molecule has 0 aromatic heterocycles. The molecule has 4 heteroatoms. The van der Waals surface area contributed by atoms with Crippen molar-refractivity contribution in [1.29, 1.82) is 0 Å². The van der Waals surface area contributed by atoms with Gasteiger partial charge in [-0.15, -0.1) is 0 Å². The first kappa shape index (κ1) is 33.0. The lowest BCUT2D eigenvalue weighted by Gasteiger charge is -2.53. The van der Waals surface area contributed by atoms with Crippen molar-refractivity contribution in [2.75, 3.05) is 6.61 Å². The smallest absolute Gasteiger partial charge is 0.309 e. The van der Waals surface area contributed by atoms with Crippen molar-refractivity contribution in [1.82, 2.24) is 0 Å². The summed E-state index contributed by atoms with van der Waals surface area (Å²) < 4.78 is 12.7. The molecule has 0 radical (unpaired) electrons. The highest BCUT2D eigenvalue weighted by Gasteiger charge is 2.52. The van der Waals surface area contributed by atoms with Gasteiger partial charge < -0.3 is 14.6 Å². The number of hydrogen-bond acceptors (Lipinski definition) is 4. The Bertz CT molecular complexity index is 908. The minimum Gasteiger partial charge on any atom is -0.512 e. The number of fused-ring (bicyclic) bond motifs is 3. The minimum absolute atomic E-state index is 0.00837. The van der Waals surface area contributed by atoms with Crippen LogP contribution in [0.3, 0.4) is 0 Å². The van der Waals surface area contributed by atoms with Gasteiger partial charge in [-0.3, -0.25) is 4.79 Å². The SMILES string of the molecule is CCCCCCC(CCC)C(=O)OCC1=CC[C@H]2C(C1)[C@@H]1C(O)=CC(C(C)(C)CCCCCC)=CC1OC2(C)C. The van der Waals surface area contributed by atoms with E-state index < -0.39 is 0 Å². The first-order valence-corrected chi connectivity index (χ1v) is 16.7. The Labute approximate surface area is 246 Å². The van der Waals surface area contributed by atoms with E-state index in [-0.39, 0.29) is 40.8 Å². The van der Waals surface area contributed by atoms with Crippen molar-refractivity contribution in [3.63, 3.8) is 0 Å². The van der Waals surface area contributed by atoms with E-state index in [4.69, 9.17) is 9.47 Å². The Morgan fingerprint density at radius 3 is 2.42 bits per heavy atom. The van der Waals surface area contributed by atoms with E-state index in [1.807, 2.05) is 6.08 Å². The summed E-state index contributed by atoms with van der Waals surface area (Å²) in [7, 11) is 0. The Balaban J connectivity index is 1.67. The number of carbonyl (C=O) groups is 1. The lowest BCUT2D eigenvalue weighted by Crippen LogP contribution is -2.54. The zero-order valence-corrected chi connectivity index (χ0v) is 26.9. The van der Waals surface area contributed by atoms with E-state index in [0.717, 1.165) is 44.9 Å². The molecule has 0 aromatic carbocycles. The van der Waals surface area contributed by atoms with Crippen LogP contribution in [-0.4, -0.2) is 29.4 Å². The molecule has 3 unspecified atom stereocenters. The predicted octanol–water partition coefficient (Wildman–Crippen LogP) is 10.0. The molecule has 228 valence electrons. The molecule has 1 fully saturated rings. The summed E-state index contributed by atoms with van der Waals surface area (Å²) in [6, 6.07) is 0. The maximum atomic E-state index is 13.0. The second-order valence-corrected chi connectivity index (χ2v) is 14.1. The maximum absolute atomic E-state index is 13.0. The number of ether oxygens (including phenoxy) is 2. The molecule has 3 rings (SSSR count). The number of aliphatic hydroxyl groups excluding tert-OH is 1. The van der Waals surface area contributed by atoms with Gasteiger partial charge >= 0.3 is 5.97 Å². The van der Waals surface area contributed by atoms with Crippen molar-refractivity contribution in [3.05, 3.63) is 35.1 Å². The van der Waals surface area contributed by atoms with Gasteiger partial charge in [0.25, 0.3) is 0 Å². The number of rotatable bonds is 16. The van der Waals surface area contributed by atoms with Crippen LogP contribution in [0.25, 0.3) is 0 Å². The predicted molar refractivity (Wildman–Crippen MR) is 166 cm³/mol. The average molecular weight is 557 g/mol. The number of aliphatic hydroxyl groups is 1. The third-order valence-corrected chi connectivity index (χ3v) is 10.0. The summed E-state index contributed by atoms with van der Waals surface area (Å²) in [5.74, 6) is 1.03. The van der Waals surface area contributed by atoms with Crippen LogP contribution < -0.4 is 0 Å². The van der Waals surface area contributed by atoms with Gasteiger partial charge in [0.1, 0.15) is 6.61 Å². The molecule has 4 nitrogen and oxygen atoms in total. The molecule has 40 heavy (non-hydrogen) atoms. The molecule has 2 aliphatic carbocycles. The quantitative estimate of drug-likeness (QED) is 0.117. The van der Waals surface area contributed by atoms with Crippen molar-refractivity contribution in [2.45, 2.75) is 150 Å². The summed E-state index contributed by atoms with van der Waals surface area (Å²) in [6.45, 7) is 16.0. The van der Waals surface area contributed by atoms with Crippen molar-refractivity contribution in [3.8, 4) is 0 Å². The van der Waals surface area contributed by atoms with E-state index in [2.05, 4.69) is 60.6 Å². The third-order valence-electron chi connectivity index (χ3n) is 10.0. The van der Waals surface area contributed by atoms with Crippen LogP contribution in [0, 0.1) is 29.1 Å². The van der Waals surface area contributed by atoms with Crippen LogP contribution in [0.1, 0.15) is 138 Å². The van der Waals surface area contributed by atoms with Crippen LogP contribution in [-0.2, 0) is 14.3 Å². The first-order chi connectivity index (χ1) is 19.0. The highest BCUT2D eigenvalue weighted by molar-refractivity contribution is 5.72. The number of esters is 1. The van der Waals surface area contributed by atoms with E-state index in [0.29, 0.717) is 18.3 Å². The standard InChI is InChI=1S/C36H60O4/c1-8-11-13-15-18-27(17-10-3)34(38)39-25-26-19-20-30-29(22-26)33-31(37)23-28(24-32(33)40-36(30,6)7)35(4,5)21-16-14-12-9-2/h19,23-24,27,29-30,32-33,37H,8-18,20-22,25H2,1-7H3/t27?,29?,30-,32?,33+/m0/s1. The van der Waals surface area contributed by atoms with Crippen LogP contribution in [0.5, 0.6) is 0 Å². The molecular formula is C36H60O4. The molecule has 5 atom stereocenters. The maximum Gasteiger partial charge on any atom is 0.309 e. The van der Waals surface area contributed by atoms with Gasteiger partial charge in [-0.2, -0.15) is 0 Å². The third kappa shape index (κ3) is 8.49. The molecule has 0 saturated carbocycles. The van der Waals surface area contributed by atoms with Crippen LogP contribution in [0.2, 0.25) is 0 Å². The number of allylic oxidation sites excluding steroid dienone is 3. The van der Waals surface area contributed by atoms with Crippen molar-refractivity contribution < 1.29 is 19.4 Å². The fourth-order valence-corrected chi connectivity index (χ4v) is 7.44. The average Bonchev–Trinajstić information content (AvgIpc) is 2.90. The topological polar surface area (TPSA) is 55.8 Å². The number of carbonyl (C=O) groups excluding carboxylic acids is 1. The molecule has 1 N–H and O–H groups in total. The largest absolute Gasteiger partial charge is 0.512 e. The van der Waals surface area contributed by atoms with Crippen LogP contribution >= 0.6 is 0 Å². The van der Waals surface area contributed by atoms with E-state index in [1.54, 1.807) is 0 Å². The Hall–Kier alpha value is -1.55. The molecule has 1 heterocycles. The van der Waals surface area contributed by atoms with Gasteiger partial charge in [0.05, 0.1) is 23.4 Å². The van der Waals surface area contributed by atoms with Crippen LogP contribution in [0.4, 0.5) is 0 Å². The lowest BCUT2D eigenvalue weighted by atomic mass is 9.61. The van der Waals surface area contributed by atoms with Gasteiger partial charge in [-0.1, -0.05) is 105 Å². The van der Waals surface area contributed by atoms with Crippen molar-refractivity contribution >= 4 is 5.97 Å². The second-order valence-electron chi connectivity index (χ2n) is 14.1. The second kappa shape index (κ2) is 15.1. The Kier molecular flexibility index (Phi) is 12.4. The molecule has 1 aliphatic heterocycles. The van der Waals surface area contributed by atoms with Crippen molar-refractivity contribution in [2.24, 2.45) is 29.1 Å². The van der Waals surface area contributed by atoms with E-state index in [1.165, 1.54) is 56.1 Å². The highest BCUT2D eigenvalue weighted by Crippen LogP contribution is 2.53. The zero-order chi connectivity index (χ0) is 29.3. The summed E-state index contributed by atoms with van der Waals surface area (Å²) in [5.41, 5.74) is 2.14. The molecule has 0 aromatic rings. The van der Waals surface area contributed by atoms with Gasteiger partial charge in [-0.05, 0) is 80.4 Å². The van der Waals surface area contributed by atoms with Gasteiger partial charge in [-0.25, -0.2) is 0 Å². The first-order valence-electron chi connectivity index (χ1n) is 16.7. The highest BCUT2D eigenvalue weighted by atomic mass is 16.5. The Morgan fingerprint density at radius 1 is 1.05 bits per heavy atom. The number of unbranched alkanes of at least 4 members (excludes halogenated alkanes) is 6. The molecule has 3 aliphatic rings. The minimum atomic E-state index is -0.278. The molecule has 1 saturated heterocycles. The number of hydrogen-bond donors (Lipinski definition) is 1. The molecule has 0 spiro atoms. The van der Waals surface area contributed by atoms with E-state index in [9.17, 15) is 9.90 Å². The zero-order valence-electron chi connectivity index (χ0n) is 26.9. The normalized spacial score (nSPS) is 26.6. The van der Waals surface area contributed by atoms with E-state index >= 15 is 0 Å². The van der Waals surface area contributed by atoms with Gasteiger partial charge in [0.15, 0.2) is 0 Å². The fraction of sp³-hybridized carbons (Fsp3) is 0.806. The Morgan fingerprint density at radius 2 is 1.75 bits per heavy atom. The molecule has 0 amide bonds.